The van der Waals surface area contributed by atoms with Gasteiger partial charge in [-0.15, -0.1) is 0 Å². The molecule has 0 saturated carbocycles. The molecule has 2 heterocycles. The Morgan fingerprint density at radius 3 is 1.62 bits per heavy atom. The van der Waals surface area contributed by atoms with Crippen LogP contribution in [0.25, 0.3) is 0 Å². The van der Waals surface area contributed by atoms with Gasteiger partial charge in [-0.25, -0.2) is 0 Å². The molecule has 4 aromatic rings. The van der Waals surface area contributed by atoms with Gasteiger partial charge in [0, 0.05) is 0 Å². The molecular weight excluding hydrogens is 564 g/mol. The molecule has 1 amide bonds. The number of rotatable bonds is 8. The Labute approximate surface area is 255 Å². The van der Waals surface area contributed by atoms with Gasteiger partial charge in [-0.3, -0.25) is 0 Å². The normalized spacial score (nSPS) is 22.6. The van der Waals surface area contributed by atoms with E-state index in [1.165, 1.54) is 22.6 Å². The van der Waals surface area contributed by atoms with Gasteiger partial charge in [-0.05, 0) is 0 Å². The molecule has 2 nitrogen and oxygen atoms in total. The number of likely N-dealkylation sites (tertiary alicyclic amines) is 1. The molecule has 220 valence electrons. The number of carbonyl (C=O) groups excluding carboxylic acids is 1. The monoisotopic (exact) mass is 611 g/mol. The number of hydrogen-bond acceptors (Lipinski definition) is 1. The van der Waals surface area contributed by atoms with Crippen LogP contribution in [0.5, 0.6) is 0 Å². The van der Waals surface area contributed by atoms with Crippen molar-refractivity contribution in [2.45, 2.75) is 56.6 Å². The third-order valence-corrected chi connectivity index (χ3v) is 25.2. The molecule has 6 rings (SSSR count). The second kappa shape index (κ2) is 12.2. The zero-order valence-electron chi connectivity index (χ0n) is 25.5. The van der Waals surface area contributed by atoms with Gasteiger partial charge in [0.2, 0.25) is 0 Å². The van der Waals surface area contributed by atoms with Gasteiger partial charge in [0.25, 0.3) is 0 Å². The van der Waals surface area contributed by atoms with Crippen LogP contribution in [0.2, 0.25) is 25.7 Å². The molecule has 5 heteroatoms. The first-order chi connectivity index (χ1) is 20.3. The van der Waals surface area contributed by atoms with Gasteiger partial charge < -0.3 is 0 Å². The second-order valence-electron chi connectivity index (χ2n) is 13.9. The van der Waals surface area contributed by atoms with Crippen LogP contribution in [0.3, 0.4) is 0 Å². The van der Waals surface area contributed by atoms with Crippen molar-refractivity contribution in [1.82, 2.24) is 4.90 Å². The van der Waals surface area contributed by atoms with E-state index in [2.05, 4.69) is 146 Å². The van der Waals surface area contributed by atoms with E-state index < -0.39 is 22.6 Å². The summed E-state index contributed by atoms with van der Waals surface area (Å²) in [5, 5.41) is 6.13. The van der Waals surface area contributed by atoms with E-state index in [9.17, 15) is 4.79 Å². The maximum atomic E-state index is 14.1. The summed E-state index contributed by atoms with van der Waals surface area (Å²) in [6, 6.07) is 47.5. The third-order valence-electron chi connectivity index (χ3n) is 10.1. The van der Waals surface area contributed by atoms with Crippen LogP contribution < -0.4 is 21.2 Å². The molecule has 0 spiro atoms. The van der Waals surface area contributed by atoms with Crippen molar-refractivity contribution >= 4 is 49.7 Å². The Hall–Kier alpha value is -2.57. The molecule has 0 radical (unpaired) electrons. The van der Waals surface area contributed by atoms with Crippen LogP contribution in [0.4, 0.5) is 0 Å². The van der Waals surface area contributed by atoms with E-state index in [4.69, 9.17) is 0 Å². The second-order valence-corrected chi connectivity index (χ2v) is 28.6. The fourth-order valence-electron chi connectivity index (χ4n) is 8.22. The standard InChI is InChI=1S/C37H47NOP2Si/c1-42(2,3)26-16-25-37(39)38-28-36-27-31(38)29-40(32-17-8-4-9-18-32,33-19-10-5-11-20-33)30-41(36,34-21-12-6-13-22-34)35-23-14-7-15-24-35/h4-15,17-24,31,36,40-41H,16,25-30H2,1-3H3/t31-,36-/m0/s1. The van der Waals surface area contributed by atoms with Crippen molar-refractivity contribution < 1.29 is 4.79 Å². The molecule has 0 aliphatic carbocycles. The average Bonchev–Trinajstić information content (AvgIpc) is 3.36. The summed E-state index contributed by atoms with van der Waals surface area (Å²) in [6.45, 7) is 8.18. The fraction of sp³-hybridized carbons (Fsp3) is 0.324. The Kier molecular flexibility index (Phi) is 8.57. The van der Waals surface area contributed by atoms with Gasteiger partial charge >= 0.3 is 256 Å². The van der Waals surface area contributed by atoms with Crippen molar-refractivity contribution in [3.05, 3.63) is 121 Å². The van der Waals surface area contributed by atoms with Crippen LogP contribution in [0.1, 0.15) is 19.3 Å². The quantitative estimate of drug-likeness (QED) is 0.158. The topological polar surface area (TPSA) is 20.3 Å². The van der Waals surface area contributed by atoms with E-state index in [1.807, 2.05) is 0 Å². The number of benzene rings is 4. The maximum absolute atomic E-state index is 14.1. The molecular formula is C37H47NOP2Si. The van der Waals surface area contributed by atoms with Gasteiger partial charge in [0.15, 0.2) is 0 Å². The average molecular weight is 612 g/mol. The molecule has 2 fully saturated rings. The van der Waals surface area contributed by atoms with E-state index >= 15 is 0 Å². The van der Waals surface area contributed by atoms with E-state index in [0.29, 0.717) is 24.0 Å². The van der Waals surface area contributed by atoms with Crippen molar-refractivity contribution in [1.29, 1.82) is 0 Å². The van der Waals surface area contributed by atoms with E-state index in [1.54, 1.807) is 10.6 Å². The molecule has 2 atom stereocenters. The first kappa shape index (κ1) is 29.5. The first-order valence-corrected chi connectivity index (χ1v) is 24.2. The zero-order valence-corrected chi connectivity index (χ0v) is 28.5. The predicted molar refractivity (Wildman–Crippen MR) is 192 cm³/mol. The summed E-state index contributed by atoms with van der Waals surface area (Å²) >= 11 is 0. The number of hydrogen-bond donors (Lipinski definition) is 0. The van der Waals surface area contributed by atoms with E-state index in [-0.39, 0.29) is 0 Å². The number of fused-ring (bicyclic) bond motifs is 2. The van der Waals surface area contributed by atoms with Gasteiger partial charge in [0.05, 0.1) is 0 Å². The minimum atomic E-state index is -2.35. The van der Waals surface area contributed by atoms with Crippen LogP contribution in [-0.4, -0.2) is 49.2 Å². The molecule has 0 N–H and O–H groups in total. The third kappa shape index (κ3) is 5.69. The van der Waals surface area contributed by atoms with E-state index in [0.717, 1.165) is 25.5 Å². The summed E-state index contributed by atoms with van der Waals surface area (Å²) in [4.78, 5) is 16.5. The van der Waals surface area contributed by atoms with Crippen LogP contribution >= 0.6 is 14.5 Å². The number of amides is 1. The summed E-state index contributed by atoms with van der Waals surface area (Å²) in [5.74, 6) is 1.65. The minimum absolute atomic E-state index is 0.309. The Morgan fingerprint density at radius 2 is 1.17 bits per heavy atom. The zero-order chi connectivity index (χ0) is 29.2. The van der Waals surface area contributed by atoms with Crippen molar-refractivity contribution in [2.24, 2.45) is 0 Å². The van der Waals surface area contributed by atoms with Gasteiger partial charge in [-0.1, -0.05) is 0 Å². The van der Waals surface area contributed by atoms with Gasteiger partial charge in [0.1, 0.15) is 0 Å². The fourth-order valence-corrected chi connectivity index (χ4v) is 25.9. The van der Waals surface area contributed by atoms with Crippen molar-refractivity contribution in [3.8, 4) is 0 Å². The summed E-state index contributed by atoms with van der Waals surface area (Å²) < 4.78 is 0. The SMILES string of the molecule is C[Si](C)(C)CCCC(=O)N1C[C@@H]2C[C@H]1C[PH](c1ccccc1)(c1ccccc1)C[PH]2(c1ccccc1)c1ccccc1. The predicted octanol–water partition coefficient (Wildman–Crippen LogP) is 6.85. The molecule has 2 saturated heterocycles. The molecule has 4 aromatic carbocycles. The van der Waals surface area contributed by atoms with Crippen molar-refractivity contribution in [2.75, 3.05) is 18.6 Å². The number of carbonyl (C=O) groups is 1. The van der Waals surface area contributed by atoms with Crippen LogP contribution in [-0.2, 0) is 4.79 Å². The van der Waals surface area contributed by atoms with Crippen molar-refractivity contribution in [3.63, 3.8) is 0 Å². The molecule has 0 unspecified atom stereocenters. The van der Waals surface area contributed by atoms with Crippen LogP contribution in [0.15, 0.2) is 121 Å². The Bertz CT molecular complexity index is 1400. The molecule has 2 bridgehead atoms. The first-order valence-electron chi connectivity index (χ1n) is 15.8. The summed E-state index contributed by atoms with van der Waals surface area (Å²) in [7, 11) is -5.84. The Balaban J connectivity index is 1.55. The summed E-state index contributed by atoms with van der Waals surface area (Å²) in [6.07, 6.45) is 3.97. The molecule has 2 aliphatic heterocycles. The summed E-state index contributed by atoms with van der Waals surface area (Å²) in [5.41, 5.74) is 0.509. The number of nitrogens with zero attached hydrogens (tertiary/aromatic N) is 1. The van der Waals surface area contributed by atoms with Gasteiger partial charge in [-0.2, -0.15) is 0 Å². The Morgan fingerprint density at radius 1 is 0.714 bits per heavy atom. The molecule has 42 heavy (non-hydrogen) atoms. The van der Waals surface area contributed by atoms with Crippen LogP contribution in [0, 0.1) is 0 Å². The molecule has 2 aliphatic rings. The molecule has 0 aromatic heterocycles.